The van der Waals surface area contributed by atoms with Crippen molar-refractivity contribution in [3.63, 3.8) is 0 Å². The topological polar surface area (TPSA) is 58.4 Å². The zero-order valence-corrected chi connectivity index (χ0v) is 9.86. The summed E-state index contributed by atoms with van der Waals surface area (Å²) >= 11 is 4.81. The summed E-state index contributed by atoms with van der Waals surface area (Å²) in [5.74, 6) is 0.0458. The molecule has 0 aromatic rings. The van der Waals surface area contributed by atoms with Crippen LogP contribution in [-0.2, 0) is 0 Å². The highest BCUT2D eigenvalue weighted by atomic mass is 32.1. The Morgan fingerprint density at radius 1 is 1.50 bits per heavy atom. The molecule has 0 saturated heterocycles. The number of urea groups is 1. The lowest BCUT2D eigenvalue weighted by atomic mass is 10.2. The van der Waals surface area contributed by atoms with Gasteiger partial charge in [0.25, 0.3) is 0 Å². The van der Waals surface area contributed by atoms with Crippen molar-refractivity contribution >= 4 is 23.2 Å². The van der Waals surface area contributed by atoms with E-state index in [1.54, 1.807) is 4.90 Å². The van der Waals surface area contributed by atoms with Gasteiger partial charge < -0.3 is 16.0 Å². The molecular formula is C9H19N3OS. The van der Waals surface area contributed by atoms with Gasteiger partial charge in [-0.3, -0.25) is 0 Å². The summed E-state index contributed by atoms with van der Waals surface area (Å²) in [7, 11) is 0. The van der Waals surface area contributed by atoms with Gasteiger partial charge in [0, 0.05) is 25.6 Å². The zero-order chi connectivity index (χ0) is 11.1. The van der Waals surface area contributed by atoms with Gasteiger partial charge in [-0.25, -0.2) is 4.79 Å². The summed E-state index contributed by atoms with van der Waals surface area (Å²) in [5, 5.41) is 2.79. The normalized spacial score (nSPS) is 11.9. The third-order valence-corrected chi connectivity index (χ3v) is 2.50. The van der Waals surface area contributed by atoms with E-state index in [-0.39, 0.29) is 11.9 Å². The quantitative estimate of drug-likeness (QED) is 0.674. The van der Waals surface area contributed by atoms with Gasteiger partial charge in [0.2, 0.25) is 0 Å². The summed E-state index contributed by atoms with van der Waals surface area (Å²) < 4.78 is 0. The van der Waals surface area contributed by atoms with Crippen LogP contribution in [0.1, 0.15) is 20.8 Å². The standard InChI is InChI=1S/C9H19N3OS/c1-4-12(5-2)9(13)11-6-7(3)8(10)14/h7H,4-6H2,1-3H3,(H2,10,14)(H,11,13). The van der Waals surface area contributed by atoms with E-state index in [2.05, 4.69) is 5.32 Å². The molecule has 1 unspecified atom stereocenters. The van der Waals surface area contributed by atoms with Gasteiger partial charge in [-0.15, -0.1) is 0 Å². The van der Waals surface area contributed by atoms with Crippen molar-refractivity contribution in [2.24, 2.45) is 11.7 Å². The molecule has 0 aromatic heterocycles. The first-order valence-corrected chi connectivity index (χ1v) is 5.25. The van der Waals surface area contributed by atoms with Crippen LogP contribution < -0.4 is 11.1 Å². The molecule has 0 rings (SSSR count). The van der Waals surface area contributed by atoms with Crippen LogP contribution in [-0.4, -0.2) is 35.6 Å². The van der Waals surface area contributed by atoms with Crippen LogP contribution in [0.15, 0.2) is 0 Å². The Balaban J connectivity index is 3.89. The van der Waals surface area contributed by atoms with Crippen LogP contribution in [0.2, 0.25) is 0 Å². The first-order chi connectivity index (χ1) is 6.52. The average molecular weight is 217 g/mol. The van der Waals surface area contributed by atoms with Gasteiger partial charge in [0.05, 0.1) is 4.99 Å². The molecule has 0 bridgehead atoms. The summed E-state index contributed by atoms with van der Waals surface area (Å²) in [6, 6.07) is -0.0573. The number of rotatable bonds is 5. The van der Waals surface area contributed by atoms with Crippen LogP contribution in [0.4, 0.5) is 4.79 Å². The molecule has 5 heteroatoms. The summed E-state index contributed by atoms with van der Waals surface area (Å²) in [5.41, 5.74) is 5.43. The fraction of sp³-hybridized carbons (Fsp3) is 0.778. The molecule has 0 aromatic carbocycles. The smallest absolute Gasteiger partial charge is 0.317 e. The van der Waals surface area contributed by atoms with Crippen LogP contribution >= 0.6 is 12.2 Å². The molecule has 0 radical (unpaired) electrons. The van der Waals surface area contributed by atoms with Gasteiger partial charge in [0.15, 0.2) is 0 Å². The molecular weight excluding hydrogens is 198 g/mol. The highest BCUT2D eigenvalue weighted by molar-refractivity contribution is 7.80. The monoisotopic (exact) mass is 217 g/mol. The molecule has 0 fully saturated rings. The molecule has 0 aliphatic rings. The fourth-order valence-electron chi connectivity index (χ4n) is 0.964. The number of carbonyl (C=O) groups is 1. The molecule has 82 valence electrons. The Labute approximate surface area is 90.8 Å². The third-order valence-electron chi connectivity index (χ3n) is 2.10. The minimum atomic E-state index is -0.0573. The number of nitrogens with two attached hydrogens (primary N) is 1. The van der Waals surface area contributed by atoms with E-state index in [0.29, 0.717) is 24.6 Å². The van der Waals surface area contributed by atoms with Gasteiger partial charge in [-0.1, -0.05) is 19.1 Å². The molecule has 2 amide bonds. The second-order valence-electron chi connectivity index (χ2n) is 3.16. The second-order valence-corrected chi connectivity index (χ2v) is 3.63. The minimum Gasteiger partial charge on any atom is -0.393 e. The van der Waals surface area contributed by atoms with Gasteiger partial charge in [0.1, 0.15) is 0 Å². The number of carbonyl (C=O) groups excluding carboxylic acids is 1. The van der Waals surface area contributed by atoms with Crippen molar-refractivity contribution in [3.8, 4) is 0 Å². The number of amides is 2. The second kappa shape index (κ2) is 6.59. The molecule has 0 spiro atoms. The summed E-state index contributed by atoms with van der Waals surface area (Å²) in [6.45, 7) is 7.71. The molecule has 4 nitrogen and oxygen atoms in total. The van der Waals surface area contributed by atoms with E-state index in [1.807, 2.05) is 20.8 Å². The number of hydrogen-bond donors (Lipinski definition) is 2. The van der Waals surface area contributed by atoms with Gasteiger partial charge in [-0.05, 0) is 13.8 Å². The maximum absolute atomic E-state index is 11.5. The number of nitrogens with zero attached hydrogens (tertiary/aromatic N) is 1. The van der Waals surface area contributed by atoms with E-state index >= 15 is 0 Å². The highest BCUT2D eigenvalue weighted by Gasteiger charge is 2.11. The maximum Gasteiger partial charge on any atom is 0.317 e. The zero-order valence-electron chi connectivity index (χ0n) is 9.04. The molecule has 3 N–H and O–H groups in total. The Morgan fingerprint density at radius 2 is 2.00 bits per heavy atom. The molecule has 0 heterocycles. The predicted molar refractivity (Wildman–Crippen MR) is 62.3 cm³/mol. The lowest BCUT2D eigenvalue weighted by molar-refractivity contribution is 0.202. The number of thiocarbonyl (C=S) groups is 1. The lowest BCUT2D eigenvalue weighted by Crippen LogP contribution is -2.42. The highest BCUT2D eigenvalue weighted by Crippen LogP contribution is 1.94. The Hall–Kier alpha value is -0.840. The number of nitrogens with one attached hydrogen (secondary N) is 1. The van der Waals surface area contributed by atoms with E-state index < -0.39 is 0 Å². The first-order valence-electron chi connectivity index (χ1n) is 4.85. The third kappa shape index (κ3) is 4.41. The summed E-state index contributed by atoms with van der Waals surface area (Å²) in [6.07, 6.45) is 0. The molecule has 14 heavy (non-hydrogen) atoms. The van der Waals surface area contributed by atoms with E-state index in [9.17, 15) is 4.79 Å². The number of hydrogen-bond acceptors (Lipinski definition) is 2. The molecule has 0 aliphatic heterocycles. The molecule has 0 saturated carbocycles. The van der Waals surface area contributed by atoms with Crippen LogP contribution in [0.5, 0.6) is 0 Å². The lowest BCUT2D eigenvalue weighted by Gasteiger charge is -2.20. The Bertz CT molecular complexity index is 204. The molecule has 1 atom stereocenters. The van der Waals surface area contributed by atoms with Gasteiger partial charge >= 0.3 is 6.03 Å². The minimum absolute atomic E-state index is 0.0458. The van der Waals surface area contributed by atoms with E-state index in [4.69, 9.17) is 18.0 Å². The average Bonchev–Trinajstić information content (AvgIpc) is 2.15. The van der Waals surface area contributed by atoms with Crippen LogP contribution in [0.25, 0.3) is 0 Å². The molecule has 0 aliphatic carbocycles. The first kappa shape index (κ1) is 13.2. The summed E-state index contributed by atoms with van der Waals surface area (Å²) in [4.78, 5) is 13.6. The largest absolute Gasteiger partial charge is 0.393 e. The fourth-order valence-corrected chi connectivity index (χ4v) is 1.05. The van der Waals surface area contributed by atoms with Crippen molar-refractivity contribution in [1.29, 1.82) is 0 Å². The van der Waals surface area contributed by atoms with E-state index in [1.165, 1.54) is 0 Å². The van der Waals surface area contributed by atoms with Crippen molar-refractivity contribution in [2.75, 3.05) is 19.6 Å². The van der Waals surface area contributed by atoms with Crippen LogP contribution in [0.3, 0.4) is 0 Å². The van der Waals surface area contributed by atoms with Crippen molar-refractivity contribution in [2.45, 2.75) is 20.8 Å². The predicted octanol–water partition coefficient (Wildman–Crippen LogP) is 0.960. The van der Waals surface area contributed by atoms with Crippen molar-refractivity contribution < 1.29 is 4.79 Å². The van der Waals surface area contributed by atoms with E-state index in [0.717, 1.165) is 0 Å². The SMILES string of the molecule is CCN(CC)C(=O)NCC(C)C(N)=S. The Morgan fingerprint density at radius 3 is 2.36 bits per heavy atom. The van der Waals surface area contributed by atoms with Crippen molar-refractivity contribution in [1.82, 2.24) is 10.2 Å². The van der Waals surface area contributed by atoms with Crippen molar-refractivity contribution in [3.05, 3.63) is 0 Å². The van der Waals surface area contributed by atoms with Crippen LogP contribution in [0, 0.1) is 5.92 Å². The Kier molecular flexibility index (Phi) is 6.19. The maximum atomic E-state index is 11.5. The van der Waals surface area contributed by atoms with Gasteiger partial charge in [-0.2, -0.15) is 0 Å².